The molecule has 6 aliphatic carbocycles. The first kappa shape index (κ1) is 13.4. The second-order valence-electron chi connectivity index (χ2n) is 9.64. The molecule has 4 heteroatoms. The van der Waals surface area contributed by atoms with Crippen LogP contribution in [0.15, 0.2) is 34.7 Å². The number of rotatable bonds is 3. The van der Waals surface area contributed by atoms with Gasteiger partial charge in [-0.3, -0.25) is 9.69 Å². The normalized spacial score (nSPS) is 48.8. The first-order valence-electron chi connectivity index (χ1n) is 10.3. The SMILES string of the molecule is O=C(N1CCN(Cc2cc3ccccc3o2)CC1)C12C3C4C5C3C1C5C42. The fraction of sp³-hybridized carbons (Fsp3) is 0.591. The number of furan rings is 1. The third kappa shape index (κ3) is 1.10. The van der Waals surface area contributed by atoms with E-state index in [1.165, 1.54) is 5.39 Å². The monoisotopic (exact) mass is 346 g/mol. The van der Waals surface area contributed by atoms with Crippen molar-refractivity contribution < 1.29 is 9.21 Å². The summed E-state index contributed by atoms with van der Waals surface area (Å²) >= 11 is 0. The summed E-state index contributed by atoms with van der Waals surface area (Å²) in [6.07, 6.45) is 0. The van der Waals surface area contributed by atoms with Gasteiger partial charge in [-0.05, 0) is 53.6 Å². The molecule has 26 heavy (non-hydrogen) atoms. The molecule has 1 aliphatic heterocycles. The molecule has 1 saturated heterocycles. The van der Waals surface area contributed by atoms with Gasteiger partial charge >= 0.3 is 0 Å². The Balaban J connectivity index is 0.957. The third-order valence-corrected chi connectivity index (χ3v) is 9.36. The van der Waals surface area contributed by atoms with Crippen molar-refractivity contribution in [2.24, 2.45) is 46.8 Å². The Morgan fingerprint density at radius 3 is 2.38 bits per heavy atom. The van der Waals surface area contributed by atoms with Crippen molar-refractivity contribution in [1.29, 1.82) is 0 Å². The van der Waals surface area contributed by atoms with E-state index in [9.17, 15) is 4.79 Å². The van der Waals surface area contributed by atoms with Crippen molar-refractivity contribution in [2.45, 2.75) is 6.54 Å². The van der Waals surface area contributed by atoms with Crippen LogP contribution in [0.4, 0.5) is 0 Å². The molecule has 1 aromatic heterocycles. The summed E-state index contributed by atoms with van der Waals surface area (Å²) in [6.45, 7) is 4.59. The molecule has 0 bridgehead atoms. The summed E-state index contributed by atoms with van der Waals surface area (Å²) in [7, 11) is 0. The largest absolute Gasteiger partial charge is 0.460 e. The van der Waals surface area contributed by atoms with E-state index in [2.05, 4.69) is 28.0 Å². The molecule has 0 unspecified atom stereocenters. The van der Waals surface area contributed by atoms with E-state index in [0.29, 0.717) is 5.91 Å². The van der Waals surface area contributed by atoms with E-state index >= 15 is 0 Å². The molecule has 0 spiro atoms. The van der Waals surface area contributed by atoms with Crippen LogP contribution in [0, 0.1) is 46.8 Å². The molecule has 0 radical (unpaired) electrons. The molecule has 6 saturated carbocycles. The lowest BCUT2D eigenvalue weighted by molar-refractivity contribution is -0.597. The Morgan fingerprint density at radius 2 is 1.69 bits per heavy atom. The van der Waals surface area contributed by atoms with E-state index in [1.54, 1.807) is 0 Å². The lowest BCUT2D eigenvalue weighted by atomic mass is 8.96. The highest BCUT2D eigenvalue weighted by Crippen LogP contribution is 3.06. The molecule has 2 aromatic rings. The first-order valence-corrected chi connectivity index (χ1v) is 10.3. The maximum absolute atomic E-state index is 13.3. The quantitative estimate of drug-likeness (QED) is 0.857. The number of para-hydroxylation sites is 1. The minimum atomic E-state index is 0.176. The lowest BCUT2D eigenvalue weighted by Gasteiger charge is -3.06. The second-order valence-corrected chi connectivity index (χ2v) is 9.64. The van der Waals surface area contributed by atoms with Gasteiger partial charge in [-0.15, -0.1) is 0 Å². The van der Waals surface area contributed by atoms with Gasteiger partial charge in [-0.2, -0.15) is 0 Å². The maximum Gasteiger partial charge on any atom is 0.229 e. The van der Waals surface area contributed by atoms with Gasteiger partial charge in [0, 0.05) is 31.6 Å². The van der Waals surface area contributed by atoms with Crippen molar-refractivity contribution in [3.05, 3.63) is 36.1 Å². The molecular weight excluding hydrogens is 324 g/mol. The minimum Gasteiger partial charge on any atom is -0.460 e. The van der Waals surface area contributed by atoms with Crippen LogP contribution in [0.2, 0.25) is 0 Å². The molecule has 0 atom stereocenters. The number of amides is 1. The van der Waals surface area contributed by atoms with Gasteiger partial charge in [0.05, 0.1) is 12.0 Å². The zero-order valence-electron chi connectivity index (χ0n) is 14.7. The summed E-state index contributed by atoms with van der Waals surface area (Å²) in [6, 6.07) is 10.4. The predicted molar refractivity (Wildman–Crippen MR) is 94.9 cm³/mol. The van der Waals surface area contributed by atoms with Crippen molar-refractivity contribution in [2.75, 3.05) is 26.2 Å². The Morgan fingerprint density at radius 1 is 1.00 bits per heavy atom. The average molecular weight is 346 g/mol. The molecule has 1 amide bonds. The van der Waals surface area contributed by atoms with Crippen LogP contribution >= 0.6 is 0 Å². The van der Waals surface area contributed by atoms with Crippen molar-refractivity contribution in [3.63, 3.8) is 0 Å². The number of hydrogen-bond donors (Lipinski definition) is 0. The number of carbonyl (C=O) groups excluding carboxylic acids is 1. The zero-order chi connectivity index (χ0) is 16.8. The summed E-state index contributed by atoms with van der Waals surface area (Å²) in [5.41, 5.74) is 1.15. The highest BCUT2D eigenvalue weighted by molar-refractivity contribution is 5.91. The van der Waals surface area contributed by atoms with Crippen LogP contribution in [0.25, 0.3) is 11.0 Å². The van der Waals surface area contributed by atoms with Crippen LogP contribution < -0.4 is 0 Å². The third-order valence-electron chi connectivity index (χ3n) is 9.36. The average Bonchev–Trinajstić information content (AvgIpc) is 3.10. The first-order chi connectivity index (χ1) is 12.8. The molecule has 7 aliphatic rings. The Kier molecular flexibility index (Phi) is 2.00. The molecule has 4 nitrogen and oxygen atoms in total. The standard InChI is InChI=1S/C22H22N2O2/c25-21(22-18-15-14-16(18)20(22)17(14)19(15)22)24-7-5-23(6-8-24)10-12-9-11-3-1-2-4-13(11)26-12/h1-4,9,14-20H,5-8,10H2. The number of fused-ring (bicyclic) bond motifs is 1. The van der Waals surface area contributed by atoms with E-state index in [1.807, 2.05) is 12.1 Å². The van der Waals surface area contributed by atoms with Gasteiger partial charge in [0.25, 0.3) is 0 Å². The molecule has 0 N–H and O–H groups in total. The minimum absolute atomic E-state index is 0.176. The second kappa shape index (κ2) is 3.89. The fourth-order valence-electron chi connectivity index (χ4n) is 8.58. The molecule has 1 aromatic carbocycles. The highest BCUT2D eigenvalue weighted by Gasteiger charge is 3.06. The maximum atomic E-state index is 13.3. The topological polar surface area (TPSA) is 36.7 Å². The van der Waals surface area contributed by atoms with Crippen LogP contribution in [0.5, 0.6) is 0 Å². The molecule has 9 rings (SSSR count). The lowest BCUT2D eigenvalue weighted by Crippen LogP contribution is -3.07. The van der Waals surface area contributed by atoms with Crippen LogP contribution in [-0.4, -0.2) is 41.9 Å². The molecule has 7 fully saturated rings. The van der Waals surface area contributed by atoms with Crippen LogP contribution in [0.1, 0.15) is 5.76 Å². The molecular formula is C22H22N2O2. The number of nitrogens with zero attached hydrogens (tertiary/aromatic N) is 2. The van der Waals surface area contributed by atoms with Gasteiger partial charge in [0.1, 0.15) is 11.3 Å². The van der Waals surface area contributed by atoms with Crippen molar-refractivity contribution in [1.82, 2.24) is 9.80 Å². The number of benzene rings is 1. The van der Waals surface area contributed by atoms with Gasteiger partial charge in [0.15, 0.2) is 0 Å². The summed E-state index contributed by atoms with van der Waals surface area (Å²) in [5, 5.41) is 1.18. The summed E-state index contributed by atoms with van der Waals surface area (Å²) in [5.74, 6) is 8.13. The van der Waals surface area contributed by atoms with Crippen molar-refractivity contribution >= 4 is 16.9 Å². The van der Waals surface area contributed by atoms with Gasteiger partial charge in [-0.1, -0.05) is 18.2 Å². The molecule has 2 heterocycles. The zero-order valence-corrected chi connectivity index (χ0v) is 14.7. The Labute approximate surface area is 152 Å². The summed E-state index contributed by atoms with van der Waals surface area (Å²) in [4.78, 5) is 17.9. The summed E-state index contributed by atoms with van der Waals surface area (Å²) < 4.78 is 5.97. The van der Waals surface area contributed by atoms with E-state index < -0.39 is 0 Å². The molecule has 132 valence electrons. The van der Waals surface area contributed by atoms with Gasteiger partial charge in [0.2, 0.25) is 5.91 Å². The van der Waals surface area contributed by atoms with E-state index in [-0.39, 0.29) is 5.41 Å². The highest BCUT2D eigenvalue weighted by atomic mass is 16.3. The van der Waals surface area contributed by atoms with Gasteiger partial charge < -0.3 is 9.32 Å². The Hall–Kier alpha value is -1.81. The number of piperazine rings is 1. The predicted octanol–water partition coefficient (Wildman–Crippen LogP) is 2.44. The fourth-order valence-corrected chi connectivity index (χ4v) is 8.58. The smallest absolute Gasteiger partial charge is 0.229 e. The van der Waals surface area contributed by atoms with Crippen molar-refractivity contribution in [3.8, 4) is 0 Å². The Bertz CT molecular complexity index is 901. The van der Waals surface area contributed by atoms with E-state index in [0.717, 1.165) is 85.5 Å². The van der Waals surface area contributed by atoms with Gasteiger partial charge in [-0.25, -0.2) is 0 Å². The van der Waals surface area contributed by atoms with Crippen LogP contribution in [-0.2, 0) is 11.3 Å². The van der Waals surface area contributed by atoms with E-state index in [4.69, 9.17) is 4.42 Å². The van der Waals surface area contributed by atoms with Crippen LogP contribution in [0.3, 0.4) is 0 Å². The number of carbonyl (C=O) groups is 1. The number of hydrogen-bond acceptors (Lipinski definition) is 3.